The van der Waals surface area contributed by atoms with Gasteiger partial charge in [-0.05, 0) is 5.56 Å². The minimum absolute atomic E-state index is 0.105. The number of thiocarbonyl (C=S) groups is 1. The number of nitrogens with one attached hydrogen (secondary N) is 1. The van der Waals surface area contributed by atoms with Crippen molar-refractivity contribution in [2.75, 3.05) is 0 Å². The number of aliphatic hydroxyl groups excluding tert-OH is 1. The molecule has 2 N–H and O–H groups in total. The molecule has 1 aromatic rings. The van der Waals surface area contributed by atoms with Gasteiger partial charge >= 0.3 is 0 Å². The Morgan fingerprint density at radius 2 is 2.00 bits per heavy atom. The molecule has 0 aliphatic carbocycles. The molecule has 0 bridgehead atoms. The molecular formula is C11H11NOS. The average Bonchev–Trinajstić information content (AvgIpc) is 2.18. The first-order valence-electron chi connectivity index (χ1n) is 4.50. The van der Waals surface area contributed by atoms with E-state index in [1.54, 1.807) is 6.08 Å². The summed E-state index contributed by atoms with van der Waals surface area (Å²) in [4.78, 5) is 0.600. The van der Waals surface area contributed by atoms with Crippen LogP contribution >= 0.6 is 12.2 Å². The monoisotopic (exact) mass is 205 g/mol. The van der Waals surface area contributed by atoms with Gasteiger partial charge in [0.2, 0.25) is 0 Å². The molecule has 0 saturated heterocycles. The summed E-state index contributed by atoms with van der Waals surface area (Å²) in [6.45, 7) is 0. The Morgan fingerprint density at radius 3 is 2.64 bits per heavy atom. The van der Waals surface area contributed by atoms with Crippen LogP contribution in [0.2, 0.25) is 0 Å². The van der Waals surface area contributed by atoms with Crippen molar-refractivity contribution in [3.63, 3.8) is 0 Å². The molecule has 0 amide bonds. The summed E-state index contributed by atoms with van der Waals surface area (Å²) in [7, 11) is 0. The van der Waals surface area contributed by atoms with E-state index in [-0.39, 0.29) is 6.04 Å². The van der Waals surface area contributed by atoms with Gasteiger partial charge in [0.05, 0.1) is 11.8 Å². The van der Waals surface area contributed by atoms with E-state index in [0.717, 1.165) is 5.56 Å². The fraction of sp³-hybridized carbons (Fsp3) is 0.182. The summed E-state index contributed by atoms with van der Waals surface area (Å²) in [5.74, 6) is 0.350. The van der Waals surface area contributed by atoms with Crippen LogP contribution in [0.25, 0.3) is 0 Å². The van der Waals surface area contributed by atoms with Gasteiger partial charge in [-0.15, -0.1) is 0 Å². The molecule has 1 unspecified atom stereocenters. The Kier molecular flexibility index (Phi) is 2.50. The standard InChI is InChI=1S/C11H11NOS/c13-9-6-10(12-11(14)7-9)8-4-2-1-3-5-8/h1-5,7,10,13H,6H2,(H,12,14). The molecule has 0 radical (unpaired) electrons. The molecule has 0 fully saturated rings. The van der Waals surface area contributed by atoms with Crippen molar-refractivity contribution in [2.45, 2.75) is 12.5 Å². The van der Waals surface area contributed by atoms with Crippen LogP contribution in [-0.2, 0) is 0 Å². The molecule has 1 aromatic carbocycles. The Morgan fingerprint density at radius 1 is 1.29 bits per heavy atom. The largest absolute Gasteiger partial charge is 0.512 e. The average molecular weight is 205 g/mol. The summed E-state index contributed by atoms with van der Waals surface area (Å²) >= 11 is 5.01. The van der Waals surface area contributed by atoms with E-state index >= 15 is 0 Å². The fourth-order valence-corrected chi connectivity index (χ4v) is 1.85. The van der Waals surface area contributed by atoms with Crippen LogP contribution < -0.4 is 5.32 Å². The first-order valence-corrected chi connectivity index (χ1v) is 4.91. The minimum atomic E-state index is 0.105. The first kappa shape index (κ1) is 9.21. The van der Waals surface area contributed by atoms with Gasteiger partial charge in [0.25, 0.3) is 0 Å². The predicted octanol–water partition coefficient (Wildman–Crippen LogP) is 2.49. The van der Waals surface area contributed by atoms with Gasteiger partial charge in [-0.2, -0.15) is 0 Å². The van der Waals surface area contributed by atoms with Crippen LogP contribution in [0.5, 0.6) is 0 Å². The Labute approximate surface area is 88.3 Å². The van der Waals surface area contributed by atoms with Gasteiger partial charge in [-0.25, -0.2) is 0 Å². The lowest BCUT2D eigenvalue weighted by Gasteiger charge is -2.23. The lowest BCUT2D eigenvalue weighted by Crippen LogP contribution is -2.29. The van der Waals surface area contributed by atoms with Crippen LogP contribution in [0.3, 0.4) is 0 Å². The zero-order valence-electron chi connectivity index (χ0n) is 7.60. The van der Waals surface area contributed by atoms with Crippen molar-refractivity contribution in [1.29, 1.82) is 0 Å². The zero-order valence-corrected chi connectivity index (χ0v) is 8.42. The highest BCUT2D eigenvalue weighted by Gasteiger charge is 2.18. The SMILES string of the molecule is OC1=CC(=S)NC(c2ccccc2)C1. The number of rotatable bonds is 1. The quantitative estimate of drug-likeness (QED) is 0.691. The maximum Gasteiger partial charge on any atom is 0.103 e. The van der Waals surface area contributed by atoms with E-state index in [0.29, 0.717) is 17.2 Å². The molecular weight excluding hydrogens is 194 g/mol. The van der Waals surface area contributed by atoms with Gasteiger partial charge in [0.15, 0.2) is 0 Å². The second-order valence-corrected chi connectivity index (χ2v) is 3.75. The summed E-state index contributed by atoms with van der Waals surface area (Å²) < 4.78 is 0. The van der Waals surface area contributed by atoms with Crippen molar-refractivity contribution >= 4 is 17.2 Å². The lowest BCUT2D eigenvalue weighted by atomic mass is 10.0. The molecule has 0 spiro atoms. The Bertz CT molecular complexity index is 372. The maximum absolute atomic E-state index is 9.44. The topological polar surface area (TPSA) is 32.3 Å². The van der Waals surface area contributed by atoms with Gasteiger partial charge in [0.1, 0.15) is 4.99 Å². The van der Waals surface area contributed by atoms with Crippen LogP contribution in [0.1, 0.15) is 18.0 Å². The van der Waals surface area contributed by atoms with Crippen LogP contribution in [-0.4, -0.2) is 10.1 Å². The van der Waals surface area contributed by atoms with Crippen molar-refractivity contribution < 1.29 is 5.11 Å². The molecule has 3 heteroatoms. The van der Waals surface area contributed by atoms with Crippen molar-refractivity contribution in [3.8, 4) is 0 Å². The Balaban J connectivity index is 2.22. The third-order valence-corrected chi connectivity index (χ3v) is 2.47. The van der Waals surface area contributed by atoms with Crippen LogP contribution in [0.4, 0.5) is 0 Å². The maximum atomic E-state index is 9.44. The molecule has 14 heavy (non-hydrogen) atoms. The molecule has 1 aliphatic rings. The summed E-state index contributed by atoms with van der Waals surface area (Å²) in [5.41, 5.74) is 1.15. The predicted molar refractivity (Wildman–Crippen MR) is 60.2 cm³/mol. The highest BCUT2D eigenvalue weighted by atomic mass is 32.1. The smallest absolute Gasteiger partial charge is 0.103 e. The van der Waals surface area contributed by atoms with E-state index in [1.807, 2.05) is 30.3 Å². The van der Waals surface area contributed by atoms with Crippen molar-refractivity contribution in [1.82, 2.24) is 5.32 Å². The lowest BCUT2D eigenvalue weighted by molar-refractivity contribution is 0.364. The van der Waals surface area contributed by atoms with Crippen molar-refractivity contribution in [2.24, 2.45) is 0 Å². The molecule has 0 aromatic heterocycles. The number of benzene rings is 1. The second kappa shape index (κ2) is 3.80. The van der Waals surface area contributed by atoms with Gasteiger partial charge < -0.3 is 10.4 Å². The van der Waals surface area contributed by atoms with E-state index in [4.69, 9.17) is 12.2 Å². The minimum Gasteiger partial charge on any atom is -0.512 e. The molecule has 1 heterocycles. The van der Waals surface area contributed by atoms with E-state index in [1.165, 1.54) is 0 Å². The molecule has 2 nitrogen and oxygen atoms in total. The summed E-state index contributed by atoms with van der Waals surface area (Å²) in [6.07, 6.45) is 2.19. The highest BCUT2D eigenvalue weighted by molar-refractivity contribution is 7.80. The third kappa shape index (κ3) is 1.93. The third-order valence-electron chi connectivity index (χ3n) is 2.23. The van der Waals surface area contributed by atoms with E-state index in [2.05, 4.69) is 5.32 Å². The van der Waals surface area contributed by atoms with Crippen LogP contribution in [0.15, 0.2) is 42.2 Å². The normalized spacial score (nSPS) is 21.3. The van der Waals surface area contributed by atoms with E-state index < -0.39 is 0 Å². The summed E-state index contributed by atoms with van der Waals surface area (Å²) in [5, 5.41) is 12.6. The van der Waals surface area contributed by atoms with Gasteiger partial charge in [-0.1, -0.05) is 42.5 Å². The summed E-state index contributed by atoms with van der Waals surface area (Å²) in [6, 6.07) is 10.1. The molecule has 0 saturated carbocycles. The van der Waals surface area contributed by atoms with E-state index in [9.17, 15) is 5.11 Å². The molecule has 72 valence electrons. The zero-order chi connectivity index (χ0) is 9.97. The fourth-order valence-electron chi connectivity index (χ4n) is 1.57. The number of hydrogen-bond donors (Lipinski definition) is 2. The van der Waals surface area contributed by atoms with Crippen molar-refractivity contribution in [3.05, 3.63) is 47.7 Å². The number of aliphatic hydroxyl groups is 1. The number of hydrogen-bond acceptors (Lipinski definition) is 2. The molecule has 1 atom stereocenters. The van der Waals surface area contributed by atoms with Gasteiger partial charge in [0, 0.05) is 12.5 Å². The molecule has 2 rings (SSSR count). The first-order chi connectivity index (χ1) is 6.75. The second-order valence-electron chi connectivity index (χ2n) is 3.31. The van der Waals surface area contributed by atoms with Gasteiger partial charge in [-0.3, -0.25) is 0 Å². The molecule has 1 aliphatic heterocycles. The van der Waals surface area contributed by atoms with Crippen LogP contribution in [0, 0.1) is 0 Å². The Hall–Kier alpha value is -1.35. The highest BCUT2D eigenvalue weighted by Crippen LogP contribution is 2.22.